The summed E-state index contributed by atoms with van der Waals surface area (Å²) in [5, 5.41) is 6.31. The van der Waals surface area contributed by atoms with Crippen LogP contribution in [0.15, 0.2) is 36.4 Å². The zero-order chi connectivity index (χ0) is 14.7. The van der Waals surface area contributed by atoms with Crippen molar-refractivity contribution in [2.45, 2.75) is 26.3 Å². The monoisotopic (exact) mass is 281 g/mol. The van der Waals surface area contributed by atoms with Crippen molar-refractivity contribution in [2.75, 3.05) is 11.9 Å². The SMILES string of the molecule is Cc1cccc(CNC(=O)c2cccc3c2CCCN3)n1. The van der Waals surface area contributed by atoms with E-state index < -0.39 is 0 Å². The van der Waals surface area contributed by atoms with Crippen LogP contribution in [0.25, 0.3) is 0 Å². The zero-order valence-corrected chi connectivity index (χ0v) is 12.1. The Bertz CT molecular complexity index is 667. The molecular weight excluding hydrogens is 262 g/mol. The molecule has 3 rings (SSSR count). The molecule has 108 valence electrons. The van der Waals surface area contributed by atoms with Gasteiger partial charge >= 0.3 is 0 Å². The summed E-state index contributed by atoms with van der Waals surface area (Å²) in [5.41, 5.74) is 4.82. The average molecular weight is 281 g/mol. The van der Waals surface area contributed by atoms with Crippen molar-refractivity contribution < 1.29 is 4.79 Å². The van der Waals surface area contributed by atoms with E-state index in [-0.39, 0.29) is 5.91 Å². The van der Waals surface area contributed by atoms with Crippen LogP contribution in [-0.4, -0.2) is 17.4 Å². The number of fused-ring (bicyclic) bond motifs is 1. The van der Waals surface area contributed by atoms with Crippen LogP contribution in [0.1, 0.15) is 33.7 Å². The Balaban J connectivity index is 1.74. The van der Waals surface area contributed by atoms with Crippen LogP contribution >= 0.6 is 0 Å². The first-order chi connectivity index (χ1) is 10.2. The third-order valence-electron chi connectivity index (χ3n) is 3.72. The third-order valence-corrected chi connectivity index (χ3v) is 3.72. The highest BCUT2D eigenvalue weighted by Gasteiger charge is 2.17. The number of aryl methyl sites for hydroxylation is 1. The van der Waals surface area contributed by atoms with Crippen LogP contribution in [0.5, 0.6) is 0 Å². The molecular formula is C17H19N3O. The second kappa shape index (κ2) is 5.95. The van der Waals surface area contributed by atoms with Crippen molar-refractivity contribution >= 4 is 11.6 Å². The Morgan fingerprint density at radius 1 is 1.29 bits per heavy atom. The summed E-state index contributed by atoms with van der Waals surface area (Å²) in [6.07, 6.45) is 2.02. The van der Waals surface area contributed by atoms with E-state index in [2.05, 4.69) is 15.6 Å². The van der Waals surface area contributed by atoms with Crippen molar-refractivity contribution in [3.05, 3.63) is 58.9 Å². The summed E-state index contributed by atoms with van der Waals surface area (Å²) in [6, 6.07) is 11.7. The highest BCUT2D eigenvalue weighted by atomic mass is 16.1. The molecule has 0 atom stereocenters. The molecule has 0 radical (unpaired) electrons. The van der Waals surface area contributed by atoms with Gasteiger partial charge in [-0.25, -0.2) is 0 Å². The molecule has 0 saturated carbocycles. The van der Waals surface area contributed by atoms with Gasteiger partial charge < -0.3 is 10.6 Å². The summed E-state index contributed by atoms with van der Waals surface area (Å²) in [7, 11) is 0. The Morgan fingerprint density at radius 3 is 3.00 bits per heavy atom. The lowest BCUT2D eigenvalue weighted by atomic mass is 9.97. The maximum absolute atomic E-state index is 12.4. The fraction of sp³-hybridized carbons (Fsp3) is 0.294. The van der Waals surface area contributed by atoms with Crippen LogP contribution in [-0.2, 0) is 13.0 Å². The van der Waals surface area contributed by atoms with E-state index in [1.54, 1.807) is 0 Å². The van der Waals surface area contributed by atoms with Gasteiger partial charge in [0.05, 0.1) is 12.2 Å². The van der Waals surface area contributed by atoms with Gasteiger partial charge in [-0.05, 0) is 49.6 Å². The van der Waals surface area contributed by atoms with E-state index >= 15 is 0 Å². The summed E-state index contributed by atoms with van der Waals surface area (Å²) >= 11 is 0. The molecule has 4 nitrogen and oxygen atoms in total. The predicted octanol–water partition coefficient (Wildman–Crippen LogP) is 2.68. The first kappa shape index (κ1) is 13.6. The van der Waals surface area contributed by atoms with Gasteiger partial charge in [-0.1, -0.05) is 12.1 Å². The molecule has 2 aromatic rings. The van der Waals surface area contributed by atoms with E-state index in [1.165, 1.54) is 0 Å². The number of aromatic nitrogens is 1. The molecule has 0 unspecified atom stereocenters. The molecule has 1 aliphatic heterocycles. The molecule has 21 heavy (non-hydrogen) atoms. The molecule has 0 saturated heterocycles. The van der Waals surface area contributed by atoms with Crippen molar-refractivity contribution in [1.82, 2.24) is 10.3 Å². The van der Waals surface area contributed by atoms with Crippen LogP contribution in [0.2, 0.25) is 0 Å². The molecule has 1 aromatic carbocycles. The minimum Gasteiger partial charge on any atom is -0.385 e. The molecule has 0 aliphatic carbocycles. The second-order valence-corrected chi connectivity index (χ2v) is 5.32. The number of pyridine rings is 1. The largest absolute Gasteiger partial charge is 0.385 e. The lowest BCUT2D eigenvalue weighted by molar-refractivity contribution is 0.0949. The Morgan fingerprint density at radius 2 is 2.14 bits per heavy atom. The zero-order valence-electron chi connectivity index (χ0n) is 12.1. The van der Waals surface area contributed by atoms with Crippen LogP contribution in [0.3, 0.4) is 0 Å². The number of nitrogens with one attached hydrogen (secondary N) is 2. The summed E-state index contributed by atoms with van der Waals surface area (Å²) in [4.78, 5) is 16.8. The van der Waals surface area contributed by atoms with E-state index in [9.17, 15) is 4.79 Å². The number of carbonyl (C=O) groups is 1. The smallest absolute Gasteiger partial charge is 0.251 e. The highest BCUT2D eigenvalue weighted by molar-refractivity contribution is 5.97. The van der Waals surface area contributed by atoms with Crippen molar-refractivity contribution in [3.8, 4) is 0 Å². The molecule has 0 bridgehead atoms. The minimum absolute atomic E-state index is 0.0288. The molecule has 1 aromatic heterocycles. The van der Waals surface area contributed by atoms with E-state index in [0.29, 0.717) is 6.54 Å². The summed E-state index contributed by atoms with van der Waals surface area (Å²) < 4.78 is 0. The fourth-order valence-electron chi connectivity index (χ4n) is 2.69. The molecule has 0 fully saturated rings. The molecule has 1 aliphatic rings. The topological polar surface area (TPSA) is 54.0 Å². The van der Waals surface area contributed by atoms with Crippen LogP contribution < -0.4 is 10.6 Å². The average Bonchev–Trinajstić information content (AvgIpc) is 2.52. The number of nitrogens with zero attached hydrogens (tertiary/aromatic N) is 1. The maximum atomic E-state index is 12.4. The van der Waals surface area contributed by atoms with Crippen molar-refractivity contribution in [3.63, 3.8) is 0 Å². The second-order valence-electron chi connectivity index (χ2n) is 5.32. The summed E-state index contributed by atoms with van der Waals surface area (Å²) in [6.45, 7) is 3.38. The Kier molecular flexibility index (Phi) is 3.86. The number of hydrogen-bond acceptors (Lipinski definition) is 3. The lowest BCUT2D eigenvalue weighted by Crippen LogP contribution is -2.26. The predicted molar refractivity (Wildman–Crippen MR) is 83.4 cm³/mol. The quantitative estimate of drug-likeness (QED) is 0.909. The maximum Gasteiger partial charge on any atom is 0.251 e. The van der Waals surface area contributed by atoms with Crippen LogP contribution in [0.4, 0.5) is 5.69 Å². The molecule has 2 N–H and O–H groups in total. The van der Waals surface area contributed by atoms with Crippen molar-refractivity contribution in [1.29, 1.82) is 0 Å². The van der Waals surface area contributed by atoms with Gasteiger partial charge in [0.15, 0.2) is 0 Å². The minimum atomic E-state index is -0.0288. The van der Waals surface area contributed by atoms with E-state index in [4.69, 9.17) is 0 Å². The number of amides is 1. The first-order valence-corrected chi connectivity index (χ1v) is 7.30. The normalized spacial score (nSPS) is 13.2. The molecule has 0 spiro atoms. The number of anilines is 1. The third kappa shape index (κ3) is 3.05. The van der Waals surface area contributed by atoms with Gasteiger partial charge in [0, 0.05) is 23.5 Å². The van der Waals surface area contributed by atoms with Gasteiger partial charge in [-0.15, -0.1) is 0 Å². The Hall–Kier alpha value is -2.36. The number of rotatable bonds is 3. The molecule has 1 amide bonds. The van der Waals surface area contributed by atoms with Gasteiger partial charge in [-0.2, -0.15) is 0 Å². The summed E-state index contributed by atoms with van der Waals surface area (Å²) in [5.74, 6) is -0.0288. The van der Waals surface area contributed by atoms with Gasteiger partial charge in [0.2, 0.25) is 0 Å². The van der Waals surface area contributed by atoms with Crippen LogP contribution in [0, 0.1) is 6.92 Å². The van der Waals surface area contributed by atoms with Gasteiger partial charge in [-0.3, -0.25) is 9.78 Å². The van der Waals surface area contributed by atoms with Crippen molar-refractivity contribution in [2.24, 2.45) is 0 Å². The molecule has 4 heteroatoms. The molecule has 2 heterocycles. The number of hydrogen-bond donors (Lipinski definition) is 2. The standard InChI is InChI=1S/C17H19N3O/c1-12-5-2-6-13(20-12)11-19-17(21)15-7-3-9-16-14(15)8-4-10-18-16/h2-3,5-7,9,18H,4,8,10-11H2,1H3,(H,19,21). The number of carbonyl (C=O) groups excluding carboxylic acids is 1. The fourth-order valence-corrected chi connectivity index (χ4v) is 2.69. The van der Waals surface area contributed by atoms with E-state index in [0.717, 1.165) is 47.6 Å². The van der Waals surface area contributed by atoms with E-state index in [1.807, 2.05) is 43.3 Å². The first-order valence-electron chi connectivity index (χ1n) is 7.30. The van der Waals surface area contributed by atoms with Gasteiger partial charge in [0.1, 0.15) is 0 Å². The number of benzene rings is 1. The van der Waals surface area contributed by atoms with Gasteiger partial charge in [0.25, 0.3) is 5.91 Å². The highest BCUT2D eigenvalue weighted by Crippen LogP contribution is 2.25. The Labute approximate surface area is 124 Å². The lowest BCUT2D eigenvalue weighted by Gasteiger charge is -2.20.